The molecule has 0 aliphatic carbocycles. The van der Waals surface area contributed by atoms with Crippen LogP contribution in [0, 0.1) is 0 Å². The molecule has 4 heteroatoms. The second-order valence-corrected chi connectivity index (χ2v) is 15.5. The molecule has 0 fully saturated rings. The normalized spacial score (nSPS) is 11.9. The van der Waals surface area contributed by atoms with Gasteiger partial charge < -0.3 is 13.7 Å². The monoisotopic (exact) mass is 733 g/mol. The lowest BCUT2D eigenvalue weighted by molar-refractivity contribution is 0.669. The number of hydrogen-bond acceptors (Lipinski definition) is 4. The molecule has 3 aromatic heterocycles. The van der Waals surface area contributed by atoms with Crippen molar-refractivity contribution in [3.63, 3.8) is 0 Å². The molecule has 0 unspecified atom stereocenters. The third-order valence-corrected chi connectivity index (χ3v) is 12.4. The summed E-state index contributed by atoms with van der Waals surface area (Å²) in [4.78, 5) is 2.37. The molecule has 0 N–H and O–H groups in total. The van der Waals surface area contributed by atoms with Crippen molar-refractivity contribution in [3.8, 4) is 22.3 Å². The van der Waals surface area contributed by atoms with Gasteiger partial charge in [-0.3, -0.25) is 0 Å². The van der Waals surface area contributed by atoms with Crippen LogP contribution in [0.25, 0.3) is 97.1 Å². The Labute approximate surface area is 325 Å². The first-order chi connectivity index (χ1) is 27.7. The van der Waals surface area contributed by atoms with Gasteiger partial charge in [-0.25, -0.2) is 0 Å². The highest BCUT2D eigenvalue weighted by Gasteiger charge is 2.18. The minimum absolute atomic E-state index is 0.899. The van der Waals surface area contributed by atoms with Gasteiger partial charge in [0.25, 0.3) is 0 Å². The van der Waals surface area contributed by atoms with Crippen LogP contribution in [0.1, 0.15) is 0 Å². The lowest BCUT2D eigenvalue weighted by Gasteiger charge is -2.26. The molecule has 12 aromatic rings. The molecule has 12 rings (SSSR count). The Morgan fingerprint density at radius 3 is 1.86 bits per heavy atom. The number of para-hydroxylation sites is 1. The molecule has 0 saturated carbocycles. The van der Waals surface area contributed by atoms with Crippen LogP contribution in [0.5, 0.6) is 0 Å². The van der Waals surface area contributed by atoms with Crippen LogP contribution in [0.2, 0.25) is 0 Å². The van der Waals surface area contributed by atoms with Crippen molar-refractivity contribution < 1.29 is 8.83 Å². The summed E-state index contributed by atoms with van der Waals surface area (Å²) < 4.78 is 15.2. The smallest absolute Gasteiger partial charge is 0.143 e. The number of benzene rings is 9. The molecular weight excluding hydrogens is 703 g/mol. The van der Waals surface area contributed by atoms with Crippen molar-refractivity contribution in [1.29, 1.82) is 0 Å². The molecule has 262 valence electrons. The minimum Gasteiger partial charge on any atom is -0.456 e. The zero-order valence-corrected chi connectivity index (χ0v) is 30.9. The van der Waals surface area contributed by atoms with Crippen molar-refractivity contribution in [3.05, 3.63) is 188 Å². The Morgan fingerprint density at radius 1 is 0.357 bits per heavy atom. The molecule has 3 nitrogen and oxygen atoms in total. The third-order valence-electron chi connectivity index (χ3n) is 11.3. The summed E-state index contributed by atoms with van der Waals surface area (Å²) in [5, 5.41) is 9.45. The van der Waals surface area contributed by atoms with Crippen LogP contribution < -0.4 is 4.90 Å². The number of thiophene rings is 1. The van der Waals surface area contributed by atoms with E-state index in [4.69, 9.17) is 8.83 Å². The second-order valence-electron chi connectivity index (χ2n) is 14.5. The third kappa shape index (κ3) is 4.83. The Hall–Kier alpha value is -7.14. The fourth-order valence-electron chi connectivity index (χ4n) is 8.59. The Kier molecular flexibility index (Phi) is 6.80. The summed E-state index contributed by atoms with van der Waals surface area (Å²) in [6.45, 7) is 0. The maximum absolute atomic E-state index is 6.53. The van der Waals surface area contributed by atoms with Crippen molar-refractivity contribution >= 4 is 103 Å². The zero-order valence-electron chi connectivity index (χ0n) is 30.1. The highest BCUT2D eigenvalue weighted by Crippen LogP contribution is 2.44. The summed E-state index contributed by atoms with van der Waals surface area (Å²) in [5.41, 5.74) is 11.6. The maximum Gasteiger partial charge on any atom is 0.143 e. The van der Waals surface area contributed by atoms with Crippen molar-refractivity contribution in [2.75, 3.05) is 4.90 Å². The Bertz CT molecular complexity index is 3480. The van der Waals surface area contributed by atoms with Gasteiger partial charge in [-0.05, 0) is 100 Å². The molecule has 0 amide bonds. The fourth-order valence-corrected chi connectivity index (χ4v) is 9.73. The number of furan rings is 2. The van der Waals surface area contributed by atoms with Crippen LogP contribution in [-0.4, -0.2) is 0 Å². The van der Waals surface area contributed by atoms with E-state index in [1.807, 2.05) is 23.5 Å². The van der Waals surface area contributed by atoms with Gasteiger partial charge >= 0.3 is 0 Å². The van der Waals surface area contributed by atoms with E-state index >= 15 is 0 Å². The molecule has 0 bridgehead atoms. The molecule has 9 aromatic carbocycles. The molecule has 0 aliphatic heterocycles. The van der Waals surface area contributed by atoms with E-state index in [0.29, 0.717) is 0 Å². The number of fused-ring (bicyclic) bond motifs is 11. The lowest BCUT2D eigenvalue weighted by atomic mass is 9.98. The first-order valence-electron chi connectivity index (χ1n) is 18.9. The molecule has 56 heavy (non-hydrogen) atoms. The summed E-state index contributed by atoms with van der Waals surface area (Å²) in [6, 6.07) is 67.4. The van der Waals surface area contributed by atoms with Crippen LogP contribution in [0.15, 0.2) is 197 Å². The van der Waals surface area contributed by atoms with Gasteiger partial charge in [0.05, 0.1) is 0 Å². The van der Waals surface area contributed by atoms with E-state index in [1.54, 1.807) is 0 Å². The van der Waals surface area contributed by atoms with Crippen LogP contribution in [0.4, 0.5) is 17.1 Å². The highest BCUT2D eigenvalue weighted by atomic mass is 32.1. The van der Waals surface area contributed by atoms with Gasteiger partial charge in [0.15, 0.2) is 0 Å². The lowest BCUT2D eigenvalue weighted by Crippen LogP contribution is -2.09. The molecular formula is C52H31NO2S. The fraction of sp³-hybridized carbons (Fsp3) is 0. The quantitative estimate of drug-likeness (QED) is 0.176. The number of nitrogens with zero attached hydrogens (tertiary/aromatic N) is 1. The van der Waals surface area contributed by atoms with Crippen molar-refractivity contribution in [2.45, 2.75) is 0 Å². The van der Waals surface area contributed by atoms with E-state index in [-0.39, 0.29) is 0 Å². The van der Waals surface area contributed by atoms with Gasteiger partial charge in [0, 0.05) is 64.2 Å². The number of anilines is 3. The van der Waals surface area contributed by atoms with Gasteiger partial charge in [-0.15, -0.1) is 11.3 Å². The maximum atomic E-state index is 6.53. The summed E-state index contributed by atoms with van der Waals surface area (Å²) in [7, 11) is 0. The largest absolute Gasteiger partial charge is 0.456 e. The second kappa shape index (κ2) is 12.2. The predicted molar refractivity (Wildman–Crippen MR) is 237 cm³/mol. The highest BCUT2D eigenvalue weighted by molar-refractivity contribution is 7.25. The number of rotatable bonds is 5. The summed E-state index contributed by atoms with van der Waals surface area (Å²) >= 11 is 1.85. The van der Waals surface area contributed by atoms with Gasteiger partial charge in [0.2, 0.25) is 0 Å². The van der Waals surface area contributed by atoms with E-state index in [0.717, 1.165) is 88.6 Å². The average Bonchev–Trinajstić information content (AvgIpc) is 3.95. The molecule has 0 aliphatic rings. The first kappa shape index (κ1) is 31.2. The zero-order chi connectivity index (χ0) is 36.7. The average molecular weight is 734 g/mol. The molecule has 0 atom stereocenters. The first-order valence-corrected chi connectivity index (χ1v) is 19.7. The minimum atomic E-state index is 0.899. The molecule has 0 saturated heterocycles. The molecule has 0 spiro atoms. The Morgan fingerprint density at radius 2 is 1.00 bits per heavy atom. The van der Waals surface area contributed by atoms with Crippen molar-refractivity contribution in [1.82, 2.24) is 0 Å². The predicted octanol–water partition coefficient (Wildman–Crippen LogP) is 15.8. The standard InChI is InChI=1S/C52H31NO2S/c1-2-9-40-33(8-1)20-27-44-51-39(12-7-14-48(51)55-52(40)44)34-18-24-37(25-19-34)53(38-26-28-43-42-11-4-6-15-49(42)56-50(43)31-38)36-22-16-32(17-23-36)35-21-29-47-45(30-35)41-10-3-5-13-46(41)54-47/h1-31H. The topological polar surface area (TPSA) is 29.5 Å². The molecule has 0 radical (unpaired) electrons. The SMILES string of the molecule is c1ccc2c(c1)ccc1c2oc2cccc(-c3ccc(N(c4ccc(-c5ccc6oc7ccccc7c6c5)cc4)c4ccc5c(c4)sc4ccccc45)cc3)c21. The van der Waals surface area contributed by atoms with E-state index in [2.05, 4.69) is 181 Å². The van der Waals surface area contributed by atoms with Gasteiger partial charge in [-0.1, -0.05) is 115 Å². The molecule has 3 heterocycles. The van der Waals surface area contributed by atoms with Crippen LogP contribution >= 0.6 is 11.3 Å². The van der Waals surface area contributed by atoms with Gasteiger partial charge in [0.1, 0.15) is 22.3 Å². The van der Waals surface area contributed by atoms with Crippen molar-refractivity contribution in [2.24, 2.45) is 0 Å². The van der Waals surface area contributed by atoms with Crippen LogP contribution in [0.3, 0.4) is 0 Å². The van der Waals surface area contributed by atoms with Gasteiger partial charge in [-0.2, -0.15) is 0 Å². The Balaban J connectivity index is 0.973. The summed E-state index contributed by atoms with van der Waals surface area (Å²) in [5.74, 6) is 0. The number of hydrogen-bond donors (Lipinski definition) is 0. The van der Waals surface area contributed by atoms with E-state index < -0.39 is 0 Å². The van der Waals surface area contributed by atoms with Crippen LogP contribution in [-0.2, 0) is 0 Å². The summed E-state index contributed by atoms with van der Waals surface area (Å²) in [6.07, 6.45) is 0. The van der Waals surface area contributed by atoms with E-state index in [1.165, 1.54) is 25.6 Å². The van der Waals surface area contributed by atoms with E-state index in [9.17, 15) is 0 Å².